The number of nitrogens with one attached hydrogen (secondary N) is 3. The van der Waals surface area contributed by atoms with Crippen LogP contribution in [0.3, 0.4) is 0 Å². The molecule has 2 atom stereocenters. The zero-order valence-electron chi connectivity index (χ0n) is 19.0. The monoisotopic (exact) mass is 492 g/mol. The first kappa shape index (κ1) is 22.7. The summed E-state index contributed by atoms with van der Waals surface area (Å²) in [4.78, 5) is 43.3. The molecular formula is C24H21FN6O3S. The Labute approximate surface area is 203 Å². The summed E-state index contributed by atoms with van der Waals surface area (Å²) in [6.45, 7) is 3.42. The van der Waals surface area contributed by atoms with E-state index >= 15 is 0 Å². The molecule has 3 amide bonds. The maximum Gasteiger partial charge on any atom is 0.287 e. The largest absolute Gasteiger partial charge is 0.352 e. The Bertz CT molecular complexity index is 1510. The first-order valence-electron chi connectivity index (χ1n) is 10.9. The summed E-state index contributed by atoms with van der Waals surface area (Å²) in [7, 11) is 1.45. The molecule has 0 fully saturated rings. The number of aryl methyl sites for hydroxylation is 1. The molecule has 9 nitrogen and oxygen atoms in total. The van der Waals surface area contributed by atoms with Crippen LogP contribution in [0.2, 0.25) is 0 Å². The number of fused-ring (bicyclic) bond motifs is 2. The number of anilines is 1. The molecule has 1 aliphatic rings. The van der Waals surface area contributed by atoms with Crippen molar-refractivity contribution in [2.75, 3.05) is 12.4 Å². The first-order chi connectivity index (χ1) is 16.8. The zero-order chi connectivity index (χ0) is 24.9. The molecule has 0 saturated carbocycles. The maximum atomic E-state index is 14.2. The van der Waals surface area contributed by atoms with Gasteiger partial charge in [0.15, 0.2) is 5.82 Å². The summed E-state index contributed by atoms with van der Waals surface area (Å²) < 4.78 is 20.8. The average molecular weight is 493 g/mol. The number of carbonyl (C=O) groups is 3. The van der Waals surface area contributed by atoms with Gasteiger partial charge in [0, 0.05) is 12.4 Å². The highest BCUT2D eigenvalue weighted by Gasteiger charge is 2.39. The molecule has 4 aromatic rings. The molecular weight excluding hydrogens is 471 g/mol. The van der Waals surface area contributed by atoms with Crippen LogP contribution in [0.25, 0.3) is 10.1 Å². The fourth-order valence-electron chi connectivity index (χ4n) is 4.29. The second-order valence-corrected chi connectivity index (χ2v) is 9.02. The van der Waals surface area contributed by atoms with Crippen LogP contribution in [0, 0.1) is 12.7 Å². The number of amides is 3. The highest BCUT2D eigenvalue weighted by Crippen LogP contribution is 2.37. The number of hydrogen-bond acceptors (Lipinski definition) is 6. The molecule has 1 aliphatic heterocycles. The molecule has 0 spiro atoms. The van der Waals surface area contributed by atoms with Crippen LogP contribution in [-0.2, 0) is 4.79 Å². The molecule has 5 rings (SSSR count). The van der Waals surface area contributed by atoms with E-state index in [9.17, 15) is 18.8 Å². The zero-order valence-corrected chi connectivity index (χ0v) is 19.9. The molecule has 11 heteroatoms. The number of hydrogen-bond donors (Lipinski definition) is 3. The van der Waals surface area contributed by atoms with Crippen molar-refractivity contribution in [2.45, 2.75) is 25.9 Å². The maximum absolute atomic E-state index is 14.2. The van der Waals surface area contributed by atoms with E-state index in [1.54, 1.807) is 26.0 Å². The van der Waals surface area contributed by atoms with E-state index in [1.165, 1.54) is 35.3 Å². The number of imidazole rings is 1. The molecule has 3 N–H and O–H groups in total. The molecule has 0 saturated heterocycles. The molecule has 0 aliphatic carbocycles. The van der Waals surface area contributed by atoms with Gasteiger partial charge in [0.2, 0.25) is 11.7 Å². The average Bonchev–Trinajstić information content (AvgIpc) is 3.45. The lowest BCUT2D eigenvalue weighted by Crippen LogP contribution is -2.43. The number of benzene rings is 2. The van der Waals surface area contributed by atoms with Crippen LogP contribution in [0.4, 0.5) is 10.2 Å². The Morgan fingerprint density at radius 2 is 1.94 bits per heavy atom. The second kappa shape index (κ2) is 8.58. The summed E-state index contributed by atoms with van der Waals surface area (Å²) in [5.41, 5.74) is 1.81. The smallest absolute Gasteiger partial charge is 0.287 e. The van der Waals surface area contributed by atoms with Crippen LogP contribution >= 0.6 is 11.5 Å². The summed E-state index contributed by atoms with van der Waals surface area (Å²) in [6, 6.07) is 9.97. The van der Waals surface area contributed by atoms with Crippen LogP contribution in [0.5, 0.6) is 0 Å². The van der Waals surface area contributed by atoms with E-state index in [2.05, 4.69) is 25.3 Å². The van der Waals surface area contributed by atoms with Crippen molar-refractivity contribution >= 4 is 45.2 Å². The third-order valence-corrected chi connectivity index (χ3v) is 6.91. The lowest BCUT2D eigenvalue weighted by Gasteiger charge is -2.32. The second-order valence-electron chi connectivity index (χ2n) is 8.22. The Morgan fingerprint density at radius 1 is 1.17 bits per heavy atom. The van der Waals surface area contributed by atoms with Gasteiger partial charge in [0.25, 0.3) is 11.8 Å². The minimum absolute atomic E-state index is 0.0395. The molecule has 3 heterocycles. The number of nitrogens with zero attached hydrogens (tertiary/aromatic N) is 3. The van der Waals surface area contributed by atoms with Gasteiger partial charge >= 0.3 is 0 Å². The minimum atomic E-state index is -0.845. The van der Waals surface area contributed by atoms with E-state index in [-0.39, 0.29) is 23.2 Å². The van der Waals surface area contributed by atoms with Crippen molar-refractivity contribution in [1.82, 2.24) is 24.6 Å². The molecule has 0 radical (unpaired) electrons. The quantitative estimate of drug-likeness (QED) is 0.404. The fraction of sp³-hybridized carbons (Fsp3) is 0.208. The topological polar surface area (TPSA) is 118 Å². The van der Waals surface area contributed by atoms with Gasteiger partial charge in [-0.1, -0.05) is 24.3 Å². The normalized spacial score (nSPS) is 17.1. The van der Waals surface area contributed by atoms with E-state index < -0.39 is 29.7 Å². The summed E-state index contributed by atoms with van der Waals surface area (Å²) in [5.74, 6) is -1.82. The van der Waals surface area contributed by atoms with Crippen LogP contribution in [-0.4, -0.2) is 38.7 Å². The van der Waals surface area contributed by atoms with Crippen LogP contribution < -0.4 is 16.0 Å². The van der Waals surface area contributed by atoms with Crippen LogP contribution in [0.15, 0.2) is 42.5 Å². The third-order valence-electron chi connectivity index (χ3n) is 6.08. The van der Waals surface area contributed by atoms with Crippen LogP contribution in [0.1, 0.15) is 56.9 Å². The summed E-state index contributed by atoms with van der Waals surface area (Å²) in [5, 5.41) is 8.89. The Balaban J connectivity index is 1.68. The first-order valence-corrected chi connectivity index (χ1v) is 11.6. The Kier molecular flexibility index (Phi) is 5.56. The number of carbonyl (C=O) groups excluding carboxylic acids is 3. The van der Waals surface area contributed by atoms with Crippen molar-refractivity contribution in [3.05, 3.63) is 76.6 Å². The van der Waals surface area contributed by atoms with Gasteiger partial charge < -0.3 is 20.5 Å². The highest BCUT2D eigenvalue weighted by atomic mass is 32.1. The Morgan fingerprint density at radius 3 is 2.71 bits per heavy atom. The van der Waals surface area contributed by atoms with Gasteiger partial charge in [-0.25, -0.2) is 9.37 Å². The van der Waals surface area contributed by atoms with Gasteiger partial charge in [0.1, 0.15) is 17.6 Å². The lowest BCUT2D eigenvalue weighted by atomic mass is 9.95. The number of rotatable bonds is 4. The number of halogens is 1. The molecule has 2 aromatic carbocycles. The fourth-order valence-corrected chi connectivity index (χ4v) is 5.06. The van der Waals surface area contributed by atoms with E-state index in [4.69, 9.17) is 0 Å². The SMILES string of the molecule is CNC(=O)c1nc(NC(=O)c2nsc3ccccc23)c2n1[C@@H](C)C(=O)N[C@H]2c1cc(F)ccc1C. The standard InChI is InChI=1S/C24H21FN6O3S/c1-11-8-9-13(25)10-15(11)17-19-20(28-21(24(34)26-3)31(19)12(2)22(32)27-17)29-23(33)18-14-6-4-5-7-16(14)35-30-18/h4-10,12,17H,1-3H3,(H,26,34)(H,27,32)(H,29,33)/t12-,17-/m0/s1. The molecule has 0 bridgehead atoms. The predicted molar refractivity (Wildman–Crippen MR) is 129 cm³/mol. The number of aromatic nitrogens is 3. The highest BCUT2D eigenvalue weighted by molar-refractivity contribution is 7.13. The molecule has 178 valence electrons. The summed E-state index contributed by atoms with van der Waals surface area (Å²) in [6.07, 6.45) is 0. The van der Waals surface area contributed by atoms with Gasteiger partial charge in [-0.15, -0.1) is 0 Å². The van der Waals surface area contributed by atoms with Crippen molar-refractivity contribution in [1.29, 1.82) is 0 Å². The molecule has 2 aromatic heterocycles. The Hall–Kier alpha value is -4.12. The third kappa shape index (κ3) is 3.73. The van der Waals surface area contributed by atoms with Crippen molar-refractivity contribution in [2.24, 2.45) is 0 Å². The van der Waals surface area contributed by atoms with Crippen molar-refractivity contribution < 1.29 is 18.8 Å². The molecule has 0 unspecified atom stereocenters. The summed E-state index contributed by atoms with van der Waals surface area (Å²) >= 11 is 1.20. The van der Waals surface area contributed by atoms with E-state index in [1.807, 2.05) is 18.2 Å². The van der Waals surface area contributed by atoms with E-state index in [0.717, 1.165) is 10.3 Å². The van der Waals surface area contributed by atoms with Crippen molar-refractivity contribution in [3.8, 4) is 0 Å². The van der Waals surface area contributed by atoms with Gasteiger partial charge in [-0.2, -0.15) is 4.37 Å². The van der Waals surface area contributed by atoms with Gasteiger partial charge in [-0.05, 0) is 54.7 Å². The predicted octanol–water partition coefficient (Wildman–Crippen LogP) is 3.33. The van der Waals surface area contributed by atoms with Crippen molar-refractivity contribution in [3.63, 3.8) is 0 Å². The van der Waals surface area contributed by atoms with E-state index in [0.29, 0.717) is 16.6 Å². The molecule has 35 heavy (non-hydrogen) atoms. The minimum Gasteiger partial charge on any atom is -0.352 e. The van der Waals surface area contributed by atoms with Gasteiger partial charge in [-0.3, -0.25) is 14.4 Å². The lowest BCUT2D eigenvalue weighted by molar-refractivity contribution is -0.125. The van der Waals surface area contributed by atoms with Gasteiger partial charge in [0.05, 0.1) is 16.4 Å².